The monoisotopic (exact) mass is 152 g/mol. The minimum atomic E-state index is 0.569. The standard InChI is InChI=1S/C9H12O2/c1-4-8-7(3)6-9(11-8)10-5-2/h4,6H,1,5H2,2-3H3. The number of furan rings is 1. The van der Waals surface area contributed by atoms with Crippen molar-refractivity contribution in [1.82, 2.24) is 0 Å². The van der Waals surface area contributed by atoms with Crippen LogP contribution in [0.1, 0.15) is 18.2 Å². The number of hydrogen-bond donors (Lipinski definition) is 0. The maximum absolute atomic E-state index is 5.26. The summed E-state index contributed by atoms with van der Waals surface area (Å²) in [7, 11) is 0. The van der Waals surface area contributed by atoms with E-state index in [9.17, 15) is 0 Å². The first-order valence-corrected chi connectivity index (χ1v) is 3.63. The van der Waals surface area contributed by atoms with E-state index in [1.165, 1.54) is 0 Å². The fraction of sp³-hybridized carbons (Fsp3) is 0.333. The predicted octanol–water partition coefficient (Wildman–Crippen LogP) is 2.63. The van der Waals surface area contributed by atoms with Gasteiger partial charge in [-0.05, 0) is 25.5 Å². The molecule has 1 heterocycles. The third-order valence-corrected chi connectivity index (χ3v) is 1.41. The fourth-order valence-electron chi connectivity index (χ4n) is 0.882. The van der Waals surface area contributed by atoms with E-state index in [-0.39, 0.29) is 0 Å². The van der Waals surface area contributed by atoms with Crippen molar-refractivity contribution in [3.63, 3.8) is 0 Å². The molecule has 0 amide bonds. The van der Waals surface area contributed by atoms with E-state index >= 15 is 0 Å². The molecule has 1 aromatic rings. The van der Waals surface area contributed by atoms with Crippen LogP contribution < -0.4 is 4.74 Å². The fourth-order valence-corrected chi connectivity index (χ4v) is 0.882. The van der Waals surface area contributed by atoms with E-state index in [1.54, 1.807) is 6.08 Å². The van der Waals surface area contributed by atoms with E-state index in [0.29, 0.717) is 12.6 Å². The Labute approximate surface area is 66.5 Å². The second kappa shape index (κ2) is 3.28. The van der Waals surface area contributed by atoms with Gasteiger partial charge in [0.2, 0.25) is 0 Å². The second-order valence-electron chi connectivity index (χ2n) is 2.25. The van der Waals surface area contributed by atoms with E-state index in [1.807, 2.05) is 19.9 Å². The summed E-state index contributed by atoms with van der Waals surface area (Å²) in [4.78, 5) is 0. The molecule has 0 aliphatic rings. The van der Waals surface area contributed by atoms with E-state index in [4.69, 9.17) is 9.15 Å². The van der Waals surface area contributed by atoms with Crippen LogP contribution in [-0.4, -0.2) is 6.61 Å². The van der Waals surface area contributed by atoms with Crippen LogP contribution in [0.5, 0.6) is 5.95 Å². The highest BCUT2D eigenvalue weighted by atomic mass is 16.6. The molecule has 11 heavy (non-hydrogen) atoms. The maximum atomic E-state index is 5.26. The first kappa shape index (κ1) is 7.92. The van der Waals surface area contributed by atoms with Gasteiger partial charge < -0.3 is 9.15 Å². The van der Waals surface area contributed by atoms with Crippen molar-refractivity contribution in [2.75, 3.05) is 6.61 Å². The van der Waals surface area contributed by atoms with Crippen LogP contribution in [-0.2, 0) is 0 Å². The molecule has 0 saturated carbocycles. The Morgan fingerprint density at radius 1 is 1.73 bits per heavy atom. The zero-order valence-electron chi connectivity index (χ0n) is 6.89. The van der Waals surface area contributed by atoms with Gasteiger partial charge in [-0.25, -0.2) is 0 Å². The molecule has 0 aliphatic carbocycles. The van der Waals surface area contributed by atoms with E-state index in [2.05, 4.69) is 6.58 Å². The van der Waals surface area contributed by atoms with Gasteiger partial charge in [0.05, 0.1) is 6.61 Å². The largest absolute Gasteiger partial charge is 0.465 e. The third-order valence-electron chi connectivity index (χ3n) is 1.41. The molecule has 2 nitrogen and oxygen atoms in total. The van der Waals surface area contributed by atoms with Crippen molar-refractivity contribution in [1.29, 1.82) is 0 Å². The van der Waals surface area contributed by atoms with Crippen molar-refractivity contribution in [3.8, 4) is 5.95 Å². The summed E-state index contributed by atoms with van der Waals surface area (Å²) in [5, 5.41) is 0. The molecule has 0 aliphatic heterocycles. The Morgan fingerprint density at radius 2 is 2.45 bits per heavy atom. The van der Waals surface area contributed by atoms with Gasteiger partial charge in [-0.15, -0.1) is 0 Å². The highest BCUT2D eigenvalue weighted by molar-refractivity contribution is 5.46. The zero-order valence-corrected chi connectivity index (χ0v) is 6.89. The zero-order chi connectivity index (χ0) is 8.27. The van der Waals surface area contributed by atoms with Crippen molar-refractivity contribution >= 4 is 6.08 Å². The van der Waals surface area contributed by atoms with Crippen LogP contribution in [0.15, 0.2) is 17.1 Å². The minimum Gasteiger partial charge on any atom is -0.465 e. The number of hydrogen-bond acceptors (Lipinski definition) is 2. The molecule has 0 fully saturated rings. The average Bonchev–Trinajstić information content (AvgIpc) is 2.32. The van der Waals surface area contributed by atoms with Gasteiger partial charge in [0, 0.05) is 6.07 Å². The molecule has 0 aromatic carbocycles. The Morgan fingerprint density at radius 3 is 2.91 bits per heavy atom. The highest BCUT2D eigenvalue weighted by Gasteiger charge is 2.03. The second-order valence-corrected chi connectivity index (χ2v) is 2.25. The first-order valence-electron chi connectivity index (χ1n) is 3.63. The molecule has 0 N–H and O–H groups in total. The van der Waals surface area contributed by atoms with Crippen LogP contribution in [0.4, 0.5) is 0 Å². The van der Waals surface area contributed by atoms with Crippen LogP contribution in [0.25, 0.3) is 6.08 Å². The molecule has 1 rings (SSSR count). The molecular formula is C9H12O2. The lowest BCUT2D eigenvalue weighted by molar-refractivity contribution is 0.256. The molecule has 2 heteroatoms. The first-order chi connectivity index (χ1) is 5.27. The molecular weight excluding hydrogens is 140 g/mol. The molecule has 0 saturated heterocycles. The summed E-state index contributed by atoms with van der Waals surface area (Å²) >= 11 is 0. The summed E-state index contributed by atoms with van der Waals surface area (Å²) < 4.78 is 10.4. The average molecular weight is 152 g/mol. The lowest BCUT2D eigenvalue weighted by Gasteiger charge is -1.93. The molecule has 0 atom stereocenters. The van der Waals surface area contributed by atoms with Crippen molar-refractivity contribution in [3.05, 3.63) is 24.0 Å². The summed E-state index contributed by atoms with van der Waals surface area (Å²) in [5.74, 6) is 1.35. The summed E-state index contributed by atoms with van der Waals surface area (Å²) in [6.07, 6.45) is 1.68. The van der Waals surface area contributed by atoms with Crippen molar-refractivity contribution in [2.45, 2.75) is 13.8 Å². The number of ether oxygens (including phenoxy) is 1. The third kappa shape index (κ3) is 1.64. The molecule has 0 spiro atoms. The minimum absolute atomic E-state index is 0.569. The Balaban J connectivity index is 2.86. The Hall–Kier alpha value is -1.18. The predicted molar refractivity (Wildman–Crippen MR) is 44.7 cm³/mol. The van der Waals surface area contributed by atoms with Gasteiger partial charge in [-0.3, -0.25) is 0 Å². The van der Waals surface area contributed by atoms with E-state index in [0.717, 1.165) is 11.3 Å². The van der Waals surface area contributed by atoms with Gasteiger partial charge in [0.25, 0.3) is 5.95 Å². The van der Waals surface area contributed by atoms with Gasteiger partial charge >= 0.3 is 0 Å². The van der Waals surface area contributed by atoms with Gasteiger partial charge in [0.1, 0.15) is 5.76 Å². The lowest BCUT2D eigenvalue weighted by Crippen LogP contribution is -1.87. The van der Waals surface area contributed by atoms with Gasteiger partial charge in [-0.2, -0.15) is 0 Å². The SMILES string of the molecule is C=Cc1oc(OCC)cc1C. The molecule has 1 aromatic heterocycles. The normalized spacial score (nSPS) is 9.64. The smallest absolute Gasteiger partial charge is 0.285 e. The van der Waals surface area contributed by atoms with Crippen molar-refractivity contribution < 1.29 is 9.15 Å². The Bertz CT molecular complexity index is 248. The lowest BCUT2D eigenvalue weighted by atomic mass is 10.3. The van der Waals surface area contributed by atoms with Gasteiger partial charge in [0.15, 0.2) is 0 Å². The highest BCUT2D eigenvalue weighted by Crippen LogP contribution is 2.21. The molecule has 0 unspecified atom stereocenters. The molecule has 0 bridgehead atoms. The summed E-state index contributed by atoms with van der Waals surface area (Å²) in [6.45, 7) is 8.13. The van der Waals surface area contributed by atoms with Crippen LogP contribution in [0.2, 0.25) is 0 Å². The van der Waals surface area contributed by atoms with Crippen molar-refractivity contribution in [2.24, 2.45) is 0 Å². The topological polar surface area (TPSA) is 22.4 Å². The molecule has 0 radical (unpaired) electrons. The van der Waals surface area contributed by atoms with Gasteiger partial charge in [-0.1, -0.05) is 6.58 Å². The van der Waals surface area contributed by atoms with Crippen LogP contribution in [0, 0.1) is 6.92 Å². The van der Waals surface area contributed by atoms with Crippen LogP contribution >= 0.6 is 0 Å². The summed E-state index contributed by atoms with van der Waals surface area (Å²) in [6, 6.07) is 1.86. The van der Waals surface area contributed by atoms with Crippen LogP contribution in [0.3, 0.4) is 0 Å². The number of rotatable bonds is 3. The molecule has 60 valence electrons. The quantitative estimate of drug-likeness (QED) is 0.664. The summed E-state index contributed by atoms with van der Waals surface area (Å²) in [5.41, 5.74) is 1.06. The maximum Gasteiger partial charge on any atom is 0.285 e. The van der Waals surface area contributed by atoms with E-state index < -0.39 is 0 Å². The number of aryl methyl sites for hydroxylation is 1. The Kier molecular flexibility index (Phi) is 2.36.